The van der Waals surface area contributed by atoms with E-state index < -0.39 is 15.9 Å². The van der Waals surface area contributed by atoms with Gasteiger partial charge in [0.05, 0.1) is 24.2 Å². The van der Waals surface area contributed by atoms with Gasteiger partial charge in [0.1, 0.15) is 0 Å². The van der Waals surface area contributed by atoms with E-state index >= 15 is 0 Å². The van der Waals surface area contributed by atoms with Gasteiger partial charge in [-0.05, 0) is 66.9 Å². The highest BCUT2D eigenvalue weighted by molar-refractivity contribution is 7.92. The van der Waals surface area contributed by atoms with Crippen molar-refractivity contribution in [2.75, 3.05) is 10.6 Å². The van der Waals surface area contributed by atoms with E-state index in [0.717, 1.165) is 16.7 Å². The second-order valence-corrected chi connectivity index (χ2v) is 9.73. The van der Waals surface area contributed by atoms with Gasteiger partial charge in [0.15, 0.2) is 0 Å². The smallest absolute Gasteiger partial charge is 0.267 e. The van der Waals surface area contributed by atoms with Gasteiger partial charge in [-0.25, -0.2) is 13.8 Å². The Morgan fingerprint density at radius 1 is 0.969 bits per heavy atom. The molecule has 0 aliphatic carbocycles. The van der Waals surface area contributed by atoms with Crippen molar-refractivity contribution in [3.05, 3.63) is 100 Å². The highest BCUT2D eigenvalue weighted by Crippen LogP contribution is 2.22. The number of benzene rings is 3. The van der Waals surface area contributed by atoms with Crippen LogP contribution in [0.1, 0.15) is 34.0 Å². The lowest BCUT2D eigenvalue weighted by Gasteiger charge is -2.23. The molecule has 0 fully saturated rings. The van der Waals surface area contributed by atoms with E-state index in [9.17, 15) is 13.2 Å². The fourth-order valence-corrected chi connectivity index (χ4v) is 4.08. The molecule has 6 nitrogen and oxygen atoms in total. The van der Waals surface area contributed by atoms with Crippen molar-refractivity contribution in [2.45, 2.75) is 20.4 Å². The highest BCUT2D eigenvalue weighted by Gasteiger charge is 2.19. The second-order valence-electron chi connectivity index (χ2n) is 7.39. The van der Waals surface area contributed by atoms with E-state index in [1.165, 1.54) is 10.6 Å². The largest absolute Gasteiger partial charge is 0.271 e. The lowest BCUT2D eigenvalue weighted by molar-refractivity contribution is 0.0955. The van der Waals surface area contributed by atoms with Gasteiger partial charge in [0.25, 0.3) is 5.91 Å². The number of carbonyl (C=O) groups is 1. The molecule has 166 valence electrons. The topological polar surface area (TPSA) is 78.8 Å². The minimum absolute atomic E-state index is 0.210. The monoisotopic (exact) mass is 469 g/mol. The van der Waals surface area contributed by atoms with E-state index in [4.69, 9.17) is 11.6 Å². The summed E-state index contributed by atoms with van der Waals surface area (Å²) in [4.78, 5) is 12.5. The zero-order valence-corrected chi connectivity index (χ0v) is 19.6. The summed E-state index contributed by atoms with van der Waals surface area (Å²) in [7, 11) is -3.52. The van der Waals surface area contributed by atoms with Crippen LogP contribution in [0.5, 0.6) is 0 Å². The number of nitrogens with one attached hydrogen (secondary N) is 1. The lowest BCUT2D eigenvalue weighted by Crippen LogP contribution is -2.29. The number of hydrazone groups is 1. The van der Waals surface area contributed by atoms with E-state index in [1.807, 2.05) is 43.3 Å². The first-order valence-electron chi connectivity index (χ1n) is 9.88. The standard InChI is InChI=1S/C24H24ClN3O3S/c1-17-6-4-5-7-21(17)16-28(32(3,30)31)23-14-10-20(11-15-23)24(29)27-26-18(2)19-8-12-22(25)13-9-19/h4-15H,16H2,1-3H3,(H,27,29)/b26-18-. The van der Waals surface area contributed by atoms with Crippen LogP contribution in [0, 0.1) is 6.92 Å². The van der Waals surface area contributed by atoms with E-state index in [2.05, 4.69) is 10.5 Å². The summed E-state index contributed by atoms with van der Waals surface area (Å²) in [6.07, 6.45) is 1.17. The molecule has 0 bridgehead atoms. The molecule has 3 aromatic rings. The second kappa shape index (κ2) is 9.97. The van der Waals surface area contributed by atoms with E-state index in [0.29, 0.717) is 22.0 Å². The molecule has 0 unspecified atom stereocenters. The highest BCUT2D eigenvalue weighted by atomic mass is 35.5. The SMILES string of the molecule is C/C(=N/NC(=O)c1ccc(N(Cc2ccccc2C)S(C)(=O)=O)cc1)c1ccc(Cl)cc1. The summed E-state index contributed by atoms with van der Waals surface area (Å²) in [5.74, 6) is -0.394. The molecule has 1 amide bonds. The Balaban J connectivity index is 1.76. The molecule has 0 aliphatic rings. The van der Waals surface area contributed by atoms with Gasteiger partial charge >= 0.3 is 0 Å². The fourth-order valence-electron chi connectivity index (χ4n) is 3.08. The van der Waals surface area contributed by atoms with Gasteiger partial charge in [-0.2, -0.15) is 5.10 Å². The molecule has 0 aliphatic heterocycles. The Bertz CT molecular complexity index is 1240. The van der Waals surface area contributed by atoms with Crippen molar-refractivity contribution in [1.29, 1.82) is 0 Å². The van der Waals surface area contributed by atoms with Gasteiger partial charge in [-0.15, -0.1) is 0 Å². The maximum absolute atomic E-state index is 12.5. The Morgan fingerprint density at radius 3 is 2.16 bits per heavy atom. The molecular formula is C24H24ClN3O3S. The van der Waals surface area contributed by atoms with Crippen molar-refractivity contribution >= 4 is 38.9 Å². The average molecular weight is 470 g/mol. The summed E-state index contributed by atoms with van der Waals surface area (Å²) in [5, 5.41) is 4.75. The number of anilines is 1. The molecule has 3 rings (SSSR count). The third-order valence-corrected chi connectivity index (χ3v) is 6.37. The van der Waals surface area contributed by atoms with Crippen molar-refractivity contribution in [2.24, 2.45) is 5.10 Å². The number of aryl methyl sites for hydroxylation is 1. The van der Waals surface area contributed by atoms with E-state index in [-0.39, 0.29) is 6.54 Å². The molecule has 0 spiro atoms. The Labute approximate surface area is 193 Å². The van der Waals surface area contributed by atoms with Crippen LogP contribution < -0.4 is 9.73 Å². The van der Waals surface area contributed by atoms with E-state index in [1.54, 1.807) is 43.3 Å². The molecule has 0 saturated carbocycles. The number of sulfonamides is 1. The number of rotatable bonds is 7. The minimum Gasteiger partial charge on any atom is -0.267 e. The zero-order valence-electron chi connectivity index (χ0n) is 18.0. The molecule has 3 aromatic carbocycles. The van der Waals surface area contributed by atoms with Crippen molar-refractivity contribution < 1.29 is 13.2 Å². The summed E-state index contributed by atoms with van der Waals surface area (Å²) >= 11 is 5.89. The first kappa shape index (κ1) is 23.5. The van der Waals surface area contributed by atoms with Gasteiger partial charge in [-0.3, -0.25) is 9.10 Å². The molecule has 0 saturated heterocycles. The molecule has 32 heavy (non-hydrogen) atoms. The van der Waals surface area contributed by atoms with Crippen molar-refractivity contribution in [3.8, 4) is 0 Å². The molecule has 1 N–H and O–H groups in total. The Morgan fingerprint density at radius 2 is 1.56 bits per heavy atom. The Kier molecular flexibility index (Phi) is 7.33. The number of halogens is 1. The Hall–Kier alpha value is -3.16. The van der Waals surface area contributed by atoms with Crippen molar-refractivity contribution in [1.82, 2.24) is 5.43 Å². The minimum atomic E-state index is -3.52. The predicted octanol–water partition coefficient (Wildman–Crippen LogP) is 4.77. The van der Waals surface area contributed by atoms with Crippen LogP contribution in [0.2, 0.25) is 5.02 Å². The summed E-state index contributed by atoms with van der Waals surface area (Å²) in [5.41, 5.74) is 6.75. The number of hydrogen-bond acceptors (Lipinski definition) is 4. The molecule has 0 radical (unpaired) electrons. The fraction of sp³-hybridized carbons (Fsp3) is 0.167. The molecule has 8 heteroatoms. The van der Waals surface area contributed by atoms with Crippen LogP contribution in [0.25, 0.3) is 0 Å². The maximum Gasteiger partial charge on any atom is 0.271 e. The number of hydrogen-bond donors (Lipinski definition) is 1. The van der Waals surface area contributed by atoms with Crippen LogP contribution in [-0.2, 0) is 16.6 Å². The molecule has 0 atom stereocenters. The summed E-state index contributed by atoms with van der Waals surface area (Å²) in [6.45, 7) is 3.93. The van der Waals surface area contributed by atoms with Crippen LogP contribution in [-0.4, -0.2) is 26.3 Å². The van der Waals surface area contributed by atoms with Gasteiger partial charge in [0, 0.05) is 10.6 Å². The van der Waals surface area contributed by atoms with Crippen LogP contribution in [0.4, 0.5) is 5.69 Å². The van der Waals surface area contributed by atoms with Gasteiger partial charge in [0.2, 0.25) is 10.0 Å². The average Bonchev–Trinajstić information content (AvgIpc) is 2.76. The first-order valence-corrected chi connectivity index (χ1v) is 12.1. The number of carbonyl (C=O) groups excluding carboxylic acids is 1. The van der Waals surface area contributed by atoms with Crippen LogP contribution in [0.3, 0.4) is 0 Å². The lowest BCUT2D eigenvalue weighted by atomic mass is 10.1. The van der Waals surface area contributed by atoms with Gasteiger partial charge < -0.3 is 0 Å². The summed E-state index contributed by atoms with van der Waals surface area (Å²) in [6, 6.07) is 21.1. The molecule has 0 aromatic heterocycles. The number of amides is 1. The van der Waals surface area contributed by atoms with Gasteiger partial charge in [-0.1, -0.05) is 48.0 Å². The third-order valence-electron chi connectivity index (χ3n) is 4.98. The molecular weight excluding hydrogens is 446 g/mol. The van der Waals surface area contributed by atoms with Crippen molar-refractivity contribution in [3.63, 3.8) is 0 Å². The first-order chi connectivity index (χ1) is 15.1. The molecule has 0 heterocycles. The quantitative estimate of drug-likeness (QED) is 0.400. The number of nitrogens with zero attached hydrogens (tertiary/aromatic N) is 2. The third kappa shape index (κ3) is 5.96. The zero-order chi connectivity index (χ0) is 23.3. The normalized spacial score (nSPS) is 11.8. The van der Waals surface area contributed by atoms with Crippen LogP contribution >= 0.6 is 11.6 Å². The maximum atomic E-state index is 12.5. The van der Waals surface area contributed by atoms with Crippen LogP contribution in [0.15, 0.2) is 77.9 Å². The summed E-state index contributed by atoms with van der Waals surface area (Å²) < 4.78 is 26.2. The predicted molar refractivity (Wildman–Crippen MR) is 130 cm³/mol.